The van der Waals surface area contributed by atoms with Crippen LogP contribution in [0, 0.1) is 40.4 Å². The van der Waals surface area contributed by atoms with Gasteiger partial charge in [0, 0.05) is 6.42 Å². The van der Waals surface area contributed by atoms with Crippen molar-refractivity contribution in [3.63, 3.8) is 0 Å². The fourth-order valence-corrected chi connectivity index (χ4v) is 8.49. The van der Waals surface area contributed by atoms with E-state index >= 15 is 0 Å². The molecule has 0 saturated heterocycles. The number of fused-ring (bicyclic) bond motifs is 5. The van der Waals surface area contributed by atoms with Crippen LogP contribution in [0.15, 0.2) is 11.6 Å². The Kier molecular flexibility index (Phi) is 5.57. The first-order valence-electron chi connectivity index (χ1n) is 12.1. The molecule has 4 aliphatic rings. The van der Waals surface area contributed by atoms with Crippen LogP contribution >= 0.6 is 0 Å². The van der Waals surface area contributed by atoms with Crippen molar-refractivity contribution in [3.8, 4) is 0 Å². The Bertz CT molecular complexity index is 636. The van der Waals surface area contributed by atoms with Gasteiger partial charge in [0.2, 0.25) is 0 Å². The lowest BCUT2D eigenvalue weighted by molar-refractivity contribution is -0.117. The summed E-state index contributed by atoms with van der Waals surface area (Å²) in [5, 5.41) is 10.2. The molecule has 0 aromatic heterocycles. The monoisotopic (exact) mass is 386 g/mol. The van der Waals surface area contributed by atoms with Crippen LogP contribution in [0.1, 0.15) is 98.3 Å². The predicted octanol–water partition coefficient (Wildman–Crippen LogP) is 6.32. The Morgan fingerprint density at radius 2 is 1.96 bits per heavy atom. The zero-order chi connectivity index (χ0) is 20.1. The molecule has 0 aromatic carbocycles. The number of aliphatic hydroxyl groups is 1. The van der Waals surface area contributed by atoms with E-state index in [-0.39, 0.29) is 6.10 Å². The summed E-state index contributed by atoms with van der Waals surface area (Å²) in [6.07, 6.45) is 15.5. The van der Waals surface area contributed by atoms with E-state index in [1.165, 1.54) is 44.9 Å². The Labute approximate surface area is 172 Å². The molecule has 2 nitrogen and oxygen atoms in total. The van der Waals surface area contributed by atoms with Crippen LogP contribution in [0.3, 0.4) is 0 Å². The van der Waals surface area contributed by atoms with Crippen molar-refractivity contribution >= 4 is 5.78 Å². The largest absolute Gasteiger partial charge is 0.393 e. The van der Waals surface area contributed by atoms with Gasteiger partial charge in [0.15, 0.2) is 0 Å². The minimum absolute atomic E-state index is 0.101. The molecule has 1 unspecified atom stereocenters. The van der Waals surface area contributed by atoms with E-state index in [4.69, 9.17) is 0 Å². The number of hydrogen-bond acceptors (Lipinski definition) is 2. The van der Waals surface area contributed by atoms with Crippen molar-refractivity contribution in [1.29, 1.82) is 0 Å². The predicted molar refractivity (Wildman–Crippen MR) is 115 cm³/mol. The maximum absolute atomic E-state index is 11.3. The van der Waals surface area contributed by atoms with E-state index in [1.54, 1.807) is 12.5 Å². The van der Waals surface area contributed by atoms with Crippen LogP contribution in [0.2, 0.25) is 0 Å². The van der Waals surface area contributed by atoms with Crippen molar-refractivity contribution < 1.29 is 9.90 Å². The van der Waals surface area contributed by atoms with Gasteiger partial charge in [-0.25, -0.2) is 0 Å². The van der Waals surface area contributed by atoms with E-state index in [2.05, 4.69) is 26.8 Å². The third kappa shape index (κ3) is 3.32. The molecule has 0 bridgehead atoms. The average molecular weight is 387 g/mol. The zero-order valence-corrected chi connectivity index (χ0v) is 18.7. The molecule has 0 spiro atoms. The van der Waals surface area contributed by atoms with Gasteiger partial charge in [-0.05, 0) is 105 Å². The average Bonchev–Trinajstić information content (AvgIpc) is 2.99. The van der Waals surface area contributed by atoms with Crippen LogP contribution in [-0.4, -0.2) is 17.0 Å². The summed E-state index contributed by atoms with van der Waals surface area (Å²) in [5.74, 6) is 4.52. The molecule has 0 amide bonds. The number of aliphatic hydroxyl groups excluding tert-OH is 1. The number of rotatable bonds is 5. The highest BCUT2D eigenvalue weighted by atomic mass is 16.3. The Hall–Kier alpha value is -0.630. The number of Topliss-reactive ketones (excluding diaryl/α,β-unsaturated/α-hetero) is 1. The van der Waals surface area contributed by atoms with Crippen LogP contribution in [0.5, 0.6) is 0 Å². The summed E-state index contributed by atoms with van der Waals surface area (Å²) in [6, 6.07) is 0. The molecule has 28 heavy (non-hydrogen) atoms. The summed E-state index contributed by atoms with van der Waals surface area (Å²) in [6.45, 7) is 9.35. The molecule has 0 aliphatic heterocycles. The molecular weight excluding hydrogens is 344 g/mol. The van der Waals surface area contributed by atoms with Gasteiger partial charge in [0.05, 0.1) is 6.10 Å². The van der Waals surface area contributed by atoms with E-state index in [9.17, 15) is 9.90 Å². The van der Waals surface area contributed by atoms with Crippen LogP contribution in [0.4, 0.5) is 0 Å². The first-order valence-corrected chi connectivity index (χ1v) is 12.1. The number of hydrogen-bond donors (Lipinski definition) is 1. The zero-order valence-electron chi connectivity index (χ0n) is 18.7. The standard InChI is InChI=1S/C26H42O2/c1-17(6-5-7-18(2)27)22-10-11-23-21-9-8-19-16-20(28)12-14-25(19,3)24(21)13-15-26(22,23)4/h8,17,20-24,28H,5-7,9-16H2,1-4H3/t17?,20-,21-,22+,23-,24-,25-,26+/m0/s1. The smallest absolute Gasteiger partial charge is 0.129 e. The minimum Gasteiger partial charge on any atom is -0.393 e. The highest BCUT2D eigenvalue weighted by Crippen LogP contribution is 2.67. The van der Waals surface area contributed by atoms with Crippen LogP contribution in [-0.2, 0) is 4.79 Å². The molecule has 158 valence electrons. The summed E-state index contributed by atoms with van der Waals surface area (Å²) < 4.78 is 0. The third-order valence-corrected chi connectivity index (χ3v) is 10.0. The van der Waals surface area contributed by atoms with Gasteiger partial charge in [0.25, 0.3) is 0 Å². The maximum Gasteiger partial charge on any atom is 0.129 e. The van der Waals surface area contributed by atoms with Gasteiger partial charge in [-0.2, -0.15) is 0 Å². The fourth-order valence-electron chi connectivity index (χ4n) is 8.49. The number of ketones is 1. The number of allylic oxidation sites excluding steroid dienone is 1. The quantitative estimate of drug-likeness (QED) is 0.561. The highest BCUT2D eigenvalue weighted by molar-refractivity contribution is 5.75. The third-order valence-electron chi connectivity index (χ3n) is 10.0. The van der Waals surface area contributed by atoms with Gasteiger partial charge in [-0.3, -0.25) is 0 Å². The SMILES string of the molecule is CC(=O)CCCC(C)[C@H]1CC[C@H]2[C@@H]3CC=C4C[C@@H](O)CC[C@]4(C)[C@H]3CC[C@]12C. The van der Waals surface area contributed by atoms with Gasteiger partial charge in [-0.15, -0.1) is 0 Å². The van der Waals surface area contributed by atoms with Gasteiger partial charge in [-0.1, -0.05) is 38.8 Å². The lowest BCUT2D eigenvalue weighted by atomic mass is 9.47. The first kappa shape index (κ1) is 20.6. The number of carbonyl (C=O) groups is 1. The van der Waals surface area contributed by atoms with Crippen LogP contribution in [0.25, 0.3) is 0 Å². The van der Waals surface area contributed by atoms with Crippen molar-refractivity contribution in [1.82, 2.24) is 0 Å². The van der Waals surface area contributed by atoms with Crippen molar-refractivity contribution in [2.45, 2.75) is 104 Å². The molecule has 8 atom stereocenters. The Morgan fingerprint density at radius 3 is 2.71 bits per heavy atom. The van der Waals surface area contributed by atoms with Gasteiger partial charge in [0.1, 0.15) is 5.78 Å². The molecule has 4 rings (SSSR count). The Balaban J connectivity index is 1.50. The lowest BCUT2D eigenvalue weighted by Gasteiger charge is -2.58. The van der Waals surface area contributed by atoms with Gasteiger partial charge < -0.3 is 9.90 Å². The van der Waals surface area contributed by atoms with Gasteiger partial charge >= 0.3 is 0 Å². The Morgan fingerprint density at radius 1 is 1.18 bits per heavy atom. The highest BCUT2D eigenvalue weighted by Gasteiger charge is 2.59. The molecule has 0 heterocycles. The normalized spacial score (nSPS) is 46.2. The lowest BCUT2D eigenvalue weighted by Crippen LogP contribution is -2.50. The summed E-state index contributed by atoms with van der Waals surface area (Å²) >= 11 is 0. The molecule has 4 aliphatic carbocycles. The summed E-state index contributed by atoms with van der Waals surface area (Å²) in [5.41, 5.74) is 2.45. The minimum atomic E-state index is -0.101. The topological polar surface area (TPSA) is 37.3 Å². The second kappa shape index (κ2) is 7.56. The summed E-state index contributed by atoms with van der Waals surface area (Å²) in [4.78, 5) is 11.3. The maximum atomic E-state index is 11.3. The first-order chi connectivity index (χ1) is 13.3. The molecule has 0 aromatic rings. The second-order valence-electron chi connectivity index (χ2n) is 11.5. The second-order valence-corrected chi connectivity index (χ2v) is 11.5. The summed E-state index contributed by atoms with van der Waals surface area (Å²) in [7, 11) is 0. The molecule has 3 fully saturated rings. The van der Waals surface area contributed by atoms with Crippen molar-refractivity contribution in [3.05, 3.63) is 11.6 Å². The van der Waals surface area contributed by atoms with Crippen molar-refractivity contribution in [2.24, 2.45) is 40.4 Å². The molecule has 1 N–H and O–H groups in total. The van der Waals surface area contributed by atoms with E-state index in [1.807, 2.05) is 0 Å². The van der Waals surface area contributed by atoms with Crippen LogP contribution < -0.4 is 0 Å². The molecular formula is C26H42O2. The van der Waals surface area contributed by atoms with E-state index in [0.717, 1.165) is 55.3 Å². The molecule has 2 heteroatoms. The van der Waals surface area contributed by atoms with E-state index in [0.29, 0.717) is 16.6 Å². The van der Waals surface area contributed by atoms with Crippen molar-refractivity contribution in [2.75, 3.05) is 0 Å². The fraction of sp³-hybridized carbons (Fsp3) is 0.885. The molecule has 3 saturated carbocycles. The molecule has 0 radical (unpaired) electrons. The number of carbonyl (C=O) groups excluding carboxylic acids is 1. The van der Waals surface area contributed by atoms with E-state index < -0.39 is 0 Å².